The highest BCUT2D eigenvalue weighted by molar-refractivity contribution is 9.10. The summed E-state index contributed by atoms with van der Waals surface area (Å²) in [6.45, 7) is 0.204. The summed E-state index contributed by atoms with van der Waals surface area (Å²) in [6, 6.07) is 14.5. The van der Waals surface area contributed by atoms with Crippen molar-refractivity contribution in [1.82, 2.24) is 0 Å². The molecule has 0 radical (unpaired) electrons. The van der Waals surface area contributed by atoms with Crippen LogP contribution >= 0.6 is 27.7 Å². The van der Waals surface area contributed by atoms with E-state index < -0.39 is 0 Å². The van der Waals surface area contributed by atoms with Crippen LogP contribution in [0.2, 0.25) is 0 Å². The smallest absolute Gasteiger partial charge is 0.0471 e. The zero-order valence-electron chi connectivity index (χ0n) is 12.1. The van der Waals surface area contributed by atoms with Gasteiger partial charge in [-0.25, -0.2) is 0 Å². The maximum Gasteiger partial charge on any atom is 0.0471 e. The molecule has 0 aromatic heterocycles. The summed E-state index contributed by atoms with van der Waals surface area (Å²) in [5, 5.41) is 19.0. The molecule has 1 aliphatic rings. The Kier molecular flexibility index (Phi) is 5.03. The second kappa shape index (κ2) is 7.01. The van der Waals surface area contributed by atoms with Crippen LogP contribution in [-0.4, -0.2) is 23.4 Å². The molecule has 0 atom stereocenters. The van der Waals surface area contributed by atoms with Crippen LogP contribution in [0.4, 0.5) is 0 Å². The van der Waals surface area contributed by atoms with Crippen molar-refractivity contribution in [2.75, 3.05) is 13.2 Å². The normalized spacial score (nSPS) is 13.6. The number of hydrogen-bond acceptors (Lipinski definition) is 3. The molecule has 114 valence electrons. The highest BCUT2D eigenvalue weighted by atomic mass is 79.9. The lowest BCUT2D eigenvalue weighted by molar-refractivity contribution is 0.301. The van der Waals surface area contributed by atoms with Crippen molar-refractivity contribution in [1.29, 1.82) is 0 Å². The Morgan fingerprint density at radius 2 is 1.45 bits per heavy atom. The van der Waals surface area contributed by atoms with E-state index in [0.717, 1.165) is 26.7 Å². The van der Waals surface area contributed by atoms with Gasteiger partial charge < -0.3 is 10.2 Å². The molecule has 0 saturated heterocycles. The molecule has 22 heavy (non-hydrogen) atoms. The molecule has 1 heterocycles. The number of rotatable bonds is 4. The molecule has 2 N–H and O–H groups in total. The average Bonchev–Trinajstić information content (AvgIpc) is 2.64. The van der Waals surface area contributed by atoms with Crippen molar-refractivity contribution >= 4 is 38.8 Å². The van der Waals surface area contributed by atoms with Crippen molar-refractivity contribution in [3.63, 3.8) is 0 Å². The van der Waals surface area contributed by atoms with Crippen molar-refractivity contribution in [3.8, 4) is 0 Å². The lowest BCUT2D eigenvalue weighted by atomic mass is 9.91. The second-order valence-electron chi connectivity index (χ2n) is 5.14. The van der Waals surface area contributed by atoms with Crippen molar-refractivity contribution in [3.05, 3.63) is 58.1 Å². The van der Waals surface area contributed by atoms with Crippen LogP contribution in [-0.2, 0) is 0 Å². The van der Waals surface area contributed by atoms with E-state index in [2.05, 4.69) is 40.2 Å². The highest BCUT2D eigenvalue weighted by Crippen LogP contribution is 2.46. The molecule has 2 aromatic carbocycles. The Morgan fingerprint density at radius 3 is 2.18 bits per heavy atom. The molecule has 3 rings (SSSR count). The van der Waals surface area contributed by atoms with Gasteiger partial charge in [0.1, 0.15) is 0 Å². The molecular formula is C18H17BrO2S. The summed E-state index contributed by atoms with van der Waals surface area (Å²) in [7, 11) is 0. The van der Waals surface area contributed by atoms with E-state index in [1.165, 1.54) is 9.79 Å². The standard InChI is InChI=1S/C18H17BrO2S/c19-12-5-6-18-16(11-12)14(8-10-21)13(7-9-20)15-3-1-2-4-17(15)22-18/h1-6,11,20-21H,7-10H2. The molecule has 4 heteroatoms. The molecule has 0 aliphatic carbocycles. The highest BCUT2D eigenvalue weighted by Gasteiger charge is 2.21. The first kappa shape index (κ1) is 15.8. The molecular weight excluding hydrogens is 360 g/mol. The minimum absolute atomic E-state index is 0.100. The fraction of sp³-hybridized carbons (Fsp3) is 0.222. The minimum Gasteiger partial charge on any atom is -0.396 e. The number of halogens is 1. The Hall–Kier alpha value is -1.07. The van der Waals surface area contributed by atoms with E-state index in [4.69, 9.17) is 0 Å². The van der Waals surface area contributed by atoms with E-state index >= 15 is 0 Å². The fourth-order valence-electron chi connectivity index (χ4n) is 2.87. The van der Waals surface area contributed by atoms with Gasteiger partial charge >= 0.3 is 0 Å². The second-order valence-corrected chi connectivity index (χ2v) is 7.14. The first-order valence-electron chi connectivity index (χ1n) is 7.25. The van der Waals surface area contributed by atoms with Gasteiger partial charge in [0.2, 0.25) is 0 Å². The first-order valence-corrected chi connectivity index (χ1v) is 8.86. The van der Waals surface area contributed by atoms with Crippen LogP contribution in [0.1, 0.15) is 24.0 Å². The number of hydrogen-bond donors (Lipinski definition) is 2. The molecule has 2 nitrogen and oxygen atoms in total. The Balaban J connectivity index is 2.30. The van der Waals surface area contributed by atoms with Gasteiger partial charge in [-0.2, -0.15) is 0 Å². The topological polar surface area (TPSA) is 40.5 Å². The van der Waals surface area contributed by atoms with Gasteiger partial charge in [-0.05, 0) is 59.4 Å². The predicted octanol–water partition coefficient (Wildman–Crippen LogP) is 4.59. The third kappa shape index (κ3) is 3.01. The lowest BCUT2D eigenvalue weighted by Gasteiger charge is -2.15. The van der Waals surface area contributed by atoms with Crippen LogP contribution in [0.5, 0.6) is 0 Å². The molecule has 0 bridgehead atoms. The van der Waals surface area contributed by atoms with Crippen LogP contribution in [0.3, 0.4) is 0 Å². The molecule has 0 amide bonds. The molecule has 0 unspecified atom stereocenters. The Bertz CT molecular complexity index is 725. The number of aliphatic hydroxyl groups is 2. The first-order chi connectivity index (χ1) is 10.7. The van der Waals surface area contributed by atoms with Crippen molar-refractivity contribution in [2.45, 2.75) is 22.6 Å². The Labute approximate surface area is 143 Å². The molecule has 0 fully saturated rings. The van der Waals surface area contributed by atoms with Gasteiger partial charge in [0.05, 0.1) is 0 Å². The van der Waals surface area contributed by atoms with E-state index in [1.807, 2.05) is 18.2 Å². The Morgan fingerprint density at radius 1 is 0.818 bits per heavy atom. The predicted molar refractivity (Wildman–Crippen MR) is 94.9 cm³/mol. The molecule has 0 spiro atoms. The largest absolute Gasteiger partial charge is 0.396 e. The van der Waals surface area contributed by atoms with Gasteiger partial charge in [-0.3, -0.25) is 0 Å². The quantitative estimate of drug-likeness (QED) is 0.819. The zero-order chi connectivity index (χ0) is 15.5. The van der Waals surface area contributed by atoms with Gasteiger partial charge in [-0.15, -0.1) is 0 Å². The van der Waals surface area contributed by atoms with Gasteiger partial charge in [0.25, 0.3) is 0 Å². The number of benzene rings is 2. The molecule has 2 aromatic rings. The van der Waals surface area contributed by atoms with Crippen LogP contribution < -0.4 is 0 Å². The van der Waals surface area contributed by atoms with E-state index in [0.29, 0.717) is 12.8 Å². The summed E-state index contributed by atoms with van der Waals surface area (Å²) in [5.74, 6) is 0. The summed E-state index contributed by atoms with van der Waals surface area (Å²) in [6.07, 6.45) is 1.19. The van der Waals surface area contributed by atoms with Gasteiger partial charge in [-0.1, -0.05) is 45.9 Å². The number of fused-ring (bicyclic) bond motifs is 2. The maximum absolute atomic E-state index is 9.52. The van der Waals surface area contributed by atoms with Crippen molar-refractivity contribution < 1.29 is 10.2 Å². The third-order valence-corrected chi connectivity index (χ3v) is 5.43. The van der Waals surface area contributed by atoms with Gasteiger partial charge in [0, 0.05) is 27.5 Å². The van der Waals surface area contributed by atoms with Crippen molar-refractivity contribution in [2.24, 2.45) is 0 Å². The number of aliphatic hydroxyl groups excluding tert-OH is 2. The third-order valence-electron chi connectivity index (χ3n) is 3.79. The minimum atomic E-state index is 0.100. The van der Waals surface area contributed by atoms with Crippen LogP contribution in [0.25, 0.3) is 11.1 Å². The molecule has 0 saturated carbocycles. The van der Waals surface area contributed by atoms with E-state index in [1.54, 1.807) is 11.8 Å². The van der Waals surface area contributed by atoms with Crippen LogP contribution in [0.15, 0.2) is 56.7 Å². The SMILES string of the molecule is OCCC1=C(CCO)c2cc(Br)ccc2Sc2ccccc21. The summed E-state index contributed by atoms with van der Waals surface area (Å²) < 4.78 is 1.02. The molecule has 1 aliphatic heterocycles. The van der Waals surface area contributed by atoms with Gasteiger partial charge in [0.15, 0.2) is 0 Å². The zero-order valence-corrected chi connectivity index (χ0v) is 14.5. The van der Waals surface area contributed by atoms with Crippen LogP contribution in [0, 0.1) is 0 Å². The monoisotopic (exact) mass is 376 g/mol. The summed E-state index contributed by atoms with van der Waals surface area (Å²) in [4.78, 5) is 2.38. The van der Waals surface area contributed by atoms with E-state index in [-0.39, 0.29) is 13.2 Å². The average molecular weight is 377 g/mol. The summed E-state index contributed by atoms with van der Waals surface area (Å²) in [5.41, 5.74) is 4.58. The maximum atomic E-state index is 9.52. The summed E-state index contributed by atoms with van der Waals surface area (Å²) >= 11 is 5.29. The van der Waals surface area contributed by atoms with E-state index in [9.17, 15) is 10.2 Å². The lowest BCUT2D eigenvalue weighted by Crippen LogP contribution is -1.98. The fourth-order valence-corrected chi connectivity index (χ4v) is 4.34.